The molecule has 0 spiro atoms. The van der Waals surface area contributed by atoms with Crippen LogP contribution in [0.15, 0.2) is 60.8 Å². The van der Waals surface area contributed by atoms with E-state index in [0.717, 1.165) is 83.5 Å². The van der Waals surface area contributed by atoms with Gasteiger partial charge in [-0.1, -0.05) is 254 Å². The third-order valence-electron chi connectivity index (χ3n) is 12.6. The van der Waals surface area contributed by atoms with Crippen molar-refractivity contribution in [2.75, 3.05) is 26.4 Å². The molecule has 10 heteroatoms. The van der Waals surface area contributed by atoms with Gasteiger partial charge in [0.25, 0.3) is 0 Å². The molecule has 9 nitrogen and oxygen atoms in total. The third-order valence-corrected chi connectivity index (χ3v) is 13.6. The lowest BCUT2D eigenvalue weighted by molar-refractivity contribution is -0.161. The number of esters is 2. The number of carbonyl (C=O) groups is 2. The van der Waals surface area contributed by atoms with E-state index in [1.165, 1.54) is 161 Å². The van der Waals surface area contributed by atoms with E-state index in [1.807, 2.05) is 0 Å². The van der Waals surface area contributed by atoms with Gasteiger partial charge < -0.3 is 20.1 Å². The van der Waals surface area contributed by atoms with Crippen LogP contribution < -0.4 is 5.73 Å². The first-order valence-electron chi connectivity index (χ1n) is 29.3. The molecule has 0 amide bonds. The van der Waals surface area contributed by atoms with E-state index in [2.05, 4.69) is 74.6 Å². The molecular formula is C60H110NO8P. The first-order chi connectivity index (χ1) is 34.3. The number of unbranched alkanes of at least 4 members (excludes halogenated alkanes) is 32. The van der Waals surface area contributed by atoms with E-state index in [9.17, 15) is 19.0 Å². The fourth-order valence-electron chi connectivity index (χ4n) is 8.34. The molecule has 70 heavy (non-hydrogen) atoms. The molecule has 2 unspecified atom stereocenters. The molecule has 0 aliphatic carbocycles. The minimum Gasteiger partial charge on any atom is -0.462 e. The Hall–Kier alpha value is -2.29. The Bertz CT molecular complexity index is 1330. The molecule has 2 atom stereocenters. The van der Waals surface area contributed by atoms with E-state index < -0.39 is 26.5 Å². The molecule has 0 fully saturated rings. The molecule has 0 aromatic carbocycles. The Labute approximate surface area is 431 Å². The van der Waals surface area contributed by atoms with Crippen LogP contribution in [0.25, 0.3) is 0 Å². The molecule has 0 saturated carbocycles. The summed E-state index contributed by atoms with van der Waals surface area (Å²) in [7, 11) is -4.38. The van der Waals surface area contributed by atoms with E-state index in [0.29, 0.717) is 6.42 Å². The van der Waals surface area contributed by atoms with Crippen molar-refractivity contribution in [1.29, 1.82) is 0 Å². The number of nitrogens with two attached hydrogens (primary N) is 1. The summed E-state index contributed by atoms with van der Waals surface area (Å²) in [6.07, 6.45) is 70.4. The standard InChI is InChI=1S/C60H110NO8P/c1-3-5-7-9-11-13-15-16-17-18-19-20-21-22-23-24-25-26-27-28-29-30-31-32-33-34-35-36-37-38-39-40-41-42-43-45-47-49-51-53-60(63)69-58(57-68-70(64,65)67-55-54-61)56-66-59(62)52-50-48-46-44-14-12-10-8-6-4-2/h5,7-8,10-11,13,16-17,19-20,58H,3-4,6,9,12,14-15,18,21-57,61H2,1-2H3,(H,64,65)/b7-5-,10-8-,13-11-,17-16-,20-19-. The highest BCUT2D eigenvalue weighted by Gasteiger charge is 2.26. The molecule has 0 aromatic rings. The van der Waals surface area contributed by atoms with Crippen LogP contribution in [0.3, 0.4) is 0 Å². The second kappa shape index (κ2) is 56.0. The van der Waals surface area contributed by atoms with Crippen molar-refractivity contribution in [3.8, 4) is 0 Å². The highest BCUT2D eigenvalue weighted by atomic mass is 31.2. The minimum absolute atomic E-state index is 0.0531. The lowest BCUT2D eigenvalue weighted by atomic mass is 10.0. The van der Waals surface area contributed by atoms with Crippen molar-refractivity contribution in [1.82, 2.24) is 0 Å². The number of phosphoric acid groups is 1. The largest absolute Gasteiger partial charge is 0.472 e. The molecule has 0 radical (unpaired) electrons. The normalized spacial score (nSPS) is 13.5. The van der Waals surface area contributed by atoms with E-state index in [-0.39, 0.29) is 38.6 Å². The maximum absolute atomic E-state index is 12.7. The fraction of sp³-hybridized carbons (Fsp3) is 0.800. The van der Waals surface area contributed by atoms with Gasteiger partial charge >= 0.3 is 19.8 Å². The number of hydrogen-bond acceptors (Lipinski definition) is 8. The summed E-state index contributed by atoms with van der Waals surface area (Å²) in [6, 6.07) is 0. The van der Waals surface area contributed by atoms with Crippen molar-refractivity contribution in [2.45, 2.75) is 283 Å². The Morgan fingerprint density at radius 3 is 1.19 bits per heavy atom. The summed E-state index contributed by atoms with van der Waals surface area (Å²) in [5.41, 5.74) is 5.36. The molecule has 0 heterocycles. The molecule has 0 aromatic heterocycles. The first-order valence-corrected chi connectivity index (χ1v) is 30.8. The minimum atomic E-state index is -4.38. The number of phosphoric ester groups is 1. The highest BCUT2D eigenvalue weighted by molar-refractivity contribution is 7.47. The van der Waals surface area contributed by atoms with Crippen molar-refractivity contribution >= 4 is 19.8 Å². The number of ether oxygens (including phenoxy) is 2. The molecular weight excluding hydrogens is 894 g/mol. The van der Waals surface area contributed by atoms with Crippen LogP contribution in [0.1, 0.15) is 277 Å². The van der Waals surface area contributed by atoms with Crippen molar-refractivity contribution in [3.05, 3.63) is 60.8 Å². The van der Waals surface area contributed by atoms with Gasteiger partial charge in [-0.15, -0.1) is 0 Å². The number of carbonyl (C=O) groups excluding carboxylic acids is 2. The second-order valence-electron chi connectivity index (χ2n) is 19.5. The Kier molecular flexibility index (Phi) is 54.2. The van der Waals surface area contributed by atoms with Gasteiger partial charge in [-0.05, 0) is 70.6 Å². The zero-order valence-corrected chi connectivity index (χ0v) is 46.4. The summed E-state index contributed by atoms with van der Waals surface area (Å²) in [5.74, 6) is -0.831. The van der Waals surface area contributed by atoms with Crippen LogP contribution in [-0.2, 0) is 32.7 Å². The topological polar surface area (TPSA) is 134 Å². The Morgan fingerprint density at radius 1 is 0.443 bits per heavy atom. The SMILES string of the molecule is CC/C=C\C/C=C\C/C=C\C/C=C\CCCCCCCCCCCCCCCCCCCCCCCCCCCCC(=O)OC(COC(=O)CCCCCCC/C=C\CCC)COP(=O)(O)OCCN. The smallest absolute Gasteiger partial charge is 0.462 e. The van der Waals surface area contributed by atoms with E-state index >= 15 is 0 Å². The van der Waals surface area contributed by atoms with Gasteiger partial charge in [0.1, 0.15) is 6.61 Å². The molecule has 0 aliphatic rings. The lowest BCUT2D eigenvalue weighted by Gasteiger charge is -2.19. The van der Waals surface area contributed by atoms with Gasteiger partial charge in [0.05, 0.1) is 13.2 Å². The molecule has 0 aliphatic heterocycles. The van der Waals surface area contributed by atoms with Gasteiger partial charge in [-0.2, -0.15) is 0 Å². The zero-order chi connectivity index (χ0) is 51.0. The maximum atomic E-state index is 12.7. The number of allylic oxidation sites excluding steroid dienone is 10. The molecule has 0 rings (SSSR count). The lowest BCUT2D eigenvalue weighted by Crippen LogP contribution is -2.29. The van der Waals surface area contributed by atoms with E-state index in [1.54, 1.807) is 0 Å². The highest BCUT2D eigenvalue weighted by Crippen LogP contribution is 2.43. The predicted molar refractivity (Wildman–Crippen MR) is 298 cm³/mol. The summed E-state index contributed by atoms with van der Waals surface area (Å²) in [5, 5.41) is 0. The predicted octanol–water partition coefficient (Wildman–Crippen LogP) is 18.3. The summed E-state index contributed by atoms with van der Waals surface area (Å²) in [4.78, 5) is 35.0. The summed E-state index contributed by atoms with van der Waals surface area (Å²) >= 11 is 0. The average molecular weight is 1000 g/mol. The third kappa shape index (κ3) is 55.0. The number of hydrogen-bond donors (Lipinski definition) is 2. The maximum Gasteiger partial charge on any atom is 0.472 e. The number of rotatable bonds is 55. The van der Waals surface area contributed by atoms with Crippen LogP contribution in [0.5, 0.6) is 0 Å². The van der Waals surface area contributed by atoms with Crippen LogP contribution >= 0.6 is 7.82 Å². The average Bonchev–Trinajstić information content (AvgIpc) is 3.35. The monoisotopic (exact) mass is 1000 g/mol. The summed E-state index contributed by atoms with van der Waals surface area (Å²) in [6.45, 7) is 3.57. The van der Waals surface area contributed by atoms with Crippen LogP contribution in [0, 0.1) is 0 Å². The zero-order valence-electron chi connectivity index (χ0n) is 45.5. The quantitative estimate of drug-likeness (QED) is 0.0264. The fourth-order valence-corrected chi connectivity index (χ4v) is 9.10. The van der Waals surface area contributed by atoms with Gasteiger partial charge in [-0.3, -0.25) is 18.6 Å². The van der Waals surface area contributed by atoms with Crippen molar-refractivity contribution in [3.63, 3.8) is 0 Å². The second-order valence-corrected chi connectivity index (χ2v) is 20.9. The van der Waals surface area contributed by atoms with Crippen LogP contribution in [0.4, 0.5) is 0 Å². The Morgan fingerprint density at radius 2 is 0.786 bits per heavy atom. The van der Waals surface area contributed by atoms with Crippen molar-refractivity contribution in [2.24, 2.45) is 5.73 Å². The molecule has 408 valence electrons. The van der Waals surface area contributed by atoms with Gasteiger partial charge in [-0.25, -0.2) is 4.57 Å². The molecule has 0 bridgehead atoms. The molecule has 3 N–H and O–H groups in total. The Balaban J connectivity index is 3.71. The first kappa shape index (κ1) is 67.7. The van der Waals surface area contributed by atoms with Gasteiger partial charge in [0, 0.05) is 19.4 Å². The molecule has 0 saturated heterocycles. The van der Waals surface area contributed by atoms with Crippen LogP contribution in [-0.4, -0.2) is 49.3 Å². The van der Waals surface area contributed by atoms with Gasteiger partial charge in [0.15, 0.2) is 6.10 Å². The van der Waals surface area contributed by atoms with Gasteiger partial charge in [0.2, 0.25) is 0 Å². The van der Waals surface area contributed by atoms with Crippen molar-refractivity contribution < 1.29 is 37.6 Å². The van der Waals surface area contributed by atoms with Crippen LogP contribution in [0.2, 0.25) is 0 Å². The van der Waals surface area contributed by atoms with E-state index in [4.69, 9.17) is 24.3 Å². The summed E-state index contributed by atoms with van der Waals surface area (Å²) < 4.78 is 32.9.